The second-order valence-electron chi connectivity index (χ2n) is 4.04. The highest BCUT2D eigenvalue weighted by molar-refractivity contribution is 7.99. The van der Waals surface area contributed by atoms with E-state index >= 15 is 0 Å². The molecule has 0 bridgehead atoms. The number of thioether (sulfide) groups is 2. The Labute approximate surface area is 89.8 Å². The molecule has 1 aliphatic carbocycles. The first-order valence-electron chi connectivity index (χ1n) is 5.26. The zero-order chi connectivity index (χ0) is 9.10. The smallest absolute Gasteiger partial charge is 0.0199 e. The third-order valence-corrected chi connectivity index (χ3v) is 5.51. The molecular formula is C10H19NS2. The van der Waals surface area contributed by atoms with Crippen molar-refractivity contribution in [3.8, 4) is 0 Å². The first kappa shape index (κ1) is 10.2. The van der Waals surface area contributed by atoms with Gasteiger partial charge in [0.05, 0.1) is 0 Å². The summed E-state index contributed by atoms with van der Waals surface area (Å²) in [6, 6.07) is 1.65. The van der Waals surface area contributed by atoms with Crippen molar-refractivity contribution in [2.24, 2.45) is 0 Å². The SMILES string of the molecule is CSC1CCC1NC1CCCSC1. The van der Waals surface area contributed by atoms with Crippen LogP contribution in [0.15, 0.2) is 0 Å². The Kier molecular flexibility index (Phi) is 3.87. The Balaban J connectivity index is 1.70. The minimum atomic E-state index is 0.818. The second kappa shape index (κ2) is 4.94. The Bertz CT molecular complexity index is 155. The summed E-state index contributed by atoms with van der Waals surface area (Å²) in [6.45, 7) is 0. The minimum Gasteiger partial charge on any atom is -0.309 e. The van der Waals surface area contributed by atoms with Gasteiger partial charge in [0.15, 0.2) is 0 Å². The molecule has 3 atom stereocenters. The minimum absolute atomic E-state index is 0.818. The summed E-state index contributed by atoms with van der Waals surface area (Å²) < 4.78 is 0. The van der Waals surface area contributed by atoms with Gasteiger partial charge in [-0.15, -0.1) is 0 Å². The summed E-state index contributed by atoms with van der Waals surface area (Å²) in [4.78, 5) is 0. The Morgan fingerprint density at radius 2 is 2.23 bits per heavy atom. The lowest BCUT2D eigenvalue weighted by molar-refractivity contribution is 0.315. The molecule has 0 amide bonds. The maximum absolute atomic E-state index is 3.81. The van der Waals surface area contributed by atoms with Gasteiger partial charge in [-0.05, 0) is 37.7 Å². The van der Waals surface area contributed by atoms with Gasteiger partial charge in [0.1, 0.15) is 0 Å². The molecule has 2 fully saturated rings. The zero-order valence-electron chi connectivity index (χ0n) is 8.29. The van der Waals surface area contributed by atoms with Crippen molar-refractivity contribution in [2.45, 2.75) is 43.0 Å². The quantitative estimate of drug-likeness (QED) is 0.779. The number of rotatable bonds is 3. The lowest BCUT2D eigenvalue weighted by atomic mass is 9.91. The van der Waals surface area contributed by atoms with Crippen LogP contribution in [0.3, 0.4) is 0 Å². The molecule has 1 heterocycles. The summed E-state index contributed by atoms with van der Waals surface area (Å²) in [5, 5.41) is 4.72. The molecule has 13 heavy (non-hydrogen) atoms. The first-order chi connectivity index (χ1) is 6.40. The maximum atomic E-state index is 3.81. The van der Waals surface area contributed by atoms with E-state index in [1.54, 1.807) is 0 Å². The van der Waals surface area contributed by atoms with Gasteiger partial charge in [-0.25, -0.2) is 0 Å². The van der Waals surface area contributed by atoms with E-state index in [1.807, 2.05) is 11.8 Å². The van der Waals surface area contributed by atoms with Gasteiger partial charge in [0.2, 0.25) is 0 Å². The van der Waals surface area contributed by atoms with Crippen LogP contribution >= 0.6 is 23.5 Å². The zero-order valence-corrected chi connectivity index (χ0v) is 9.92. The molecule has 1 aliphatic heterocycles. The monoisotopic (exact) mass is 217 g/mol. The van der Waals surface area contributed by atoms with E-state index in [4.69, 9.17) is 0 Å². The van der Waals surface area contributed by atoms with Crippen molar-refractivity contribution in [1.29, 1.82) is 0 Å². The second-order valence-corrected chi connectivity index (χ2v) is 6.27. The van der Waals surface area contributed by atoms with Gasteiger partial charge < -0.3 is 5.32 Å². The fraction of sp³-hybridized carbons (Fsp3) is 1.00. The van der Waals surface area contributed by atoms with Crippen molar-refractivity contribution >= 4 is 23.5 Å². The van der Waals surface area contributed by atoms with E-state index in [-0.39, 0.29) is 0 Å². The molecule has 3 heteroatoms. The summed E-state index contributed by atoms with van der Waals surface area (Å²) >= 11 is 4.16. The molecule has 2 rings (SSSR count). The fourth-order valence-electron chi connectivity index (χ4n) is 2.12. The van der Waals surface area contributed by atoms with Crippen molar-refractivity contribution in [2.75, 3.05) is 17.8 Å². The van der Waals surface area contributed by atoms with E-state index in [9.17, 15) is 0 Å². The van der Waals surface area contributed by atoms with Crippen molar-refractivity contribution < 1.29 is 0 Å². The van der Waals surface area contributed by atoms with E-state index in [0.717, 1.165) is 17.3 Å². The topological polar surface area (TPSA) is 12.0 Å². The molecule has 3 unspecified atom stereocenters. The predicted molar refractivity (Wildman–Crippen MR) is 63.8 cm³/mol. The van der Waals surface area contributed by atoms with Crippen molar-refractivity contribution in [1.82, 2.24) is 5.32 Å². The third kappa shape index (κ3) is 2.57. The molecule has 0 aromatic rings. The van der Waals surface area contributed by atoms with Gasteiger partial charge in [-0.3, -0.25) is 0 Å². The van der Waals surface area contributed by atoms with Crippen molar-refractivity contribution in [3.63, 3.8) is 0 Å². The van der Waals surface area contributed by atoms with Crippen molar-refractivity contribution in [3.05, 3.63) is 0 Å². The third-order valence-electron chi connectivity index (χ3n) is 3.12. The van der Waals surface area contributed by atoms with Crippen LogP contribution in [-0.2, 0) is 0 Å². The Morgan fingerprint density at radius 1 is 1.31 bits per heavy atom. The summed E-state index contributed by atoms with van der Waals surface area (Å²) in [7, 11) is 0. The largest absolute Gasteiger partial charge is 0.309 e. The molecule has 0 spiro atoms. The van der Waals surface area contributed by atoms with Crippen LogP contribution in [-0.4, -0.2) is 35.1 Å². The average molecular weight is 217 g/mol. The van der Waals surface area contributed by atoms with E-state index in [2.05, 4.69) is 23.3 Å². The molecule has 2 aliphatic rings. The van der Waals surface area contributed by atoms with Gasteiger partial charge in [0.25, 0.3) is 0 Å². The highest BCUT2D eigenvalue weighted by Gasteiger charge is 2.31. The fourth-order valence-corrected chi connectivity index (χ4v) is 4.12. The van der Waals surface area contributed by atoms with Crippen LogP contribution in [0.25, 0.3) is 0 Å². The molecule has 1 saturated carbocycles. The van der Waals surface area contributed by atoms with Gasteiger partial charge in [-0.2, -0.15) is 23.5 Å². The highest BCUT2D eigenvalue weighted by atomic mass is 32.2. The van der Waals surface area contributed by atoms with Crippen LogP contribution in [0.2, 0.25) is 0 Å². The van der Waals surface area contributed by atoms with Crippen LogP contribution in [0.1, 0.15) is 25.7 Å². The van der Waals surface area contributed by atoms with E-state index in [1.165, 1.54) is 37.2 Å². The predicted octanol–water partition coefficient (Wildman–Crippen LogP) is 2.37. The van der Waals surface area contributed by atoms with Crippen LogP contribution < -0.4 is 5.32 Å². The Morgan fingerprint density at radius 3 is 2.77 bits per heavy atom. The summed E-state index contributed by atoms with van der Waals surface area (Å²) in [6.07, 6.45) is 7.91. The lowest BCUT2D eigenvalue weighted by Crippen LogP contribution is -2.51. The molecule has 76 valence electrons. The summed E-state index contributed by atoms with van der Waals surface area (Å²) in [5.41, 5.74) is 0. The van der Waals surface area contributed by atoms with Crippen LogP contribution in [0, 0.1) is 0 Å². The first-order valence-corrected chi connectivity index (χ1v) is 7.71. The standard InChI is InChI=1S/C10H19NS2/c1-12-10-5-4-9(10)11-8-3-2-6-13-7-8/h8-11H,2-7H2,1H3. The highest BCUT2D eigenvalue weighted by Crippen LogP contribution is 2.31. The Hall–Kier alpha value is 0.660. The lowest BCUT2D eigenvalue weighted by Gasteiger charge is -2.39. The molecule has 0 radical (unpaired) electrons. The average Bonchev–Trinajstić information content (AvgIpc) is 2.15. The van der Waals surface area contributed by atoms with Gasteiger partial charge >= 0.3 is 0 Å². The summed E-state index contributed by atoms with van der Waals surface area (Å²) in [5.74, 6) is 2.73. The van der Waals surface area contributed by atoms with Gasteiger partial charge in [0, 0.05) is 23.1 Å². The number of hydrogen-bond donors (Lipinski definition) is 1. The molecule has 0 aromatic heterocycles. The molecule has 1 N–H and O–H groups in total. The molecular weight excluding hydrogens is 198 g/mol. The molecule has 1 nitrogen and oxygen atoms in total. The van der Waals surface area contributed by atoms with Crippen LogP contribution in [0.4, 0.5) is 0 Å². The van der Waals surface area contributed by atoms with Crippen LogP contribution in [0.5, 0.6) is 0 Å². The van der Waals surface area contributed by atoms with E-state index in [0.29, 0.717) is 0 Å². The van der Waals surface area contributed by atoms with Gasteiger partial charge in [-0.1, -0.05) is 0 Å². The maximum Gasteiger partial charge on any atom is 0.0199 e. The number of nitrogens with one attached hydrogen (secondary N) is 1. The molecule has 1 saturated heterocycles. The van der Waals surface area contributed by atoms with E-state index < -0.39 is 0 Å². The number of hydrogen-bond acceptors (Lipinski definition) is 3. The normalized spacial score (nSPS) is 39.9. The molecule has 0 aromatic carbocycles.